The van der Waals surface area contributed by atoms with Gasteiger partial charge in [-0.05, 0) is 36.2 Å². The number of pyridine rings is 1. The first-order valence-electron chi connectivity index (χ1n) is 14.8. The van der Waals surface area contributed by atoms with Crippen LogP contribution in [0.15, 0.2) is 42.5 Å². The van der Waals surface area contributed by atoms with Gasteiger partial charge in [-0.15, -0.1) is 0 Å². The first kappa shape index (κ1) is 32.4. The number of fused-ring (bicyclic) bond motifs is 2. The lowest BCUT2D eigenvalue weighted by atomic mass is 10.0. The van der Waals surface area contributed by atoms with Gasteiger partial charge in [-0.3, -0.25) is 29.3 Å². The van der Waals surface area contributed by atoms with Crippen molar-refractivity contribution in [2.75, 3.05) is 57.4 Å². The van der Waals surface area contributed by atoms with Crippen LogP contribution in [-0.2, 0) is 30.3 Å². The average molecular weight is 634 g/mol. The van der Waals surface area contributed by atoms with Crippen molar-refractivity contribution in [2.45, 2.75) is 25.4 Å². The Hall–Kier alpha value is -4.96. The minimum absolute atomic E-state index is 0.0188. The van der Waals surface area contributed by atoms with E-state index < -0.39 is 35.6 Å². The Morgan fingerprint density at radius 1 is 0.978 bits per heavy atom. The van der Waals surface area contributed by atoms with Crippen molar-refractivity contribution in [3.05, 3.63) is 64.8 Å². The summed E-state index contributed by atoms with van der Waals surface area (Å²) < 4.78 is 15.8. The fourth-order valence-corrected chi connectivity index (χ4v) is 5.30. The third-order valence-corrected chi connectivity index (χ3v) is 7.52. The number of imide groups is 1. The van der Waals surface area contributed by atoms with E-state index in [0.29, 0.717) is 37.5 Å². The first-order valence-corrected chi connectivity index (χ1v) is 14.8. The monoisotopic (exact) mass is 633 g/mol. The van der Waals surface area contributed by atoms with E-state index in [2.05, 4.69) is 20.9 Å². The van der Waals surface area contributed by atoms with Gasteiger partial charge in [-0.2, -0.15) is 0 Å². The molecule has 1 unspecified atom stereocenters. The van der Waals surface area contributed by atoms with Crippen molar-refractivity contribution in [2.24, 2.45) is 5.73 Å². The lowest BCUT2D eigenvalue weighted by Crippen LogP contribution is -2.52. The van der Waals surface area contributed by atoms with Gasteiger partial charge in [0.15, 0.2) is 5.69 Å². The molecular formula is C31H35N7O8. The molecule has 0 saturated carbocycles. The van der Waals surface area contributed by atoms with Gasteiger partial charge in [0.25, 0.3) is 17.7 Å². The summed E-state index contributed by atoms with van der Waals surface area (Å²) in [6.45, 7) is 1.85. The van der Waals surface area contributed by atoms with Crippen LogP contribution in [0.5, 0.6) is 0 Å². The summed E-state index contributed by atoms with van der Waals surface area (Å²) in [6, 6.07) is 10.9. The molecule has 15 heteroatoms. The van der Waals surface area contributed by atoms with Gasteiger partial charge in [-0.1, -0.05) is 18.2 Å². The van der Waals surface area contributed by atoms with Crippen LogP contribution in [0.4, 0.5) is 11.4 Å². The van der Waals surface area contributed by atoms with Crippen molar-refractivity contribution in [3.8, 4) is 0 Å². The van der Waals surface area contributed by atoms with Crippen LogP contribution >= 0.6 is 0 Å². The molecule has 1 fully saturated rings. The third-order valence-electron chi connectivity index (χ3n) is 7.52. The van der Waals surface area contributed by atoms with Crippen LogP contribution in [-0.4, -0.2) is 91.8 Å². The van der Waals surface area contributed by atoms with E-state index in [1.165, 1.54) is 17.0 Å². The Bertz CT molecular complexity index is 1660. The molecule has 5 rings (SSSR count). The average Bonchev–Trinajstić information content (AvgIpc) is 3.36. The quantitative estimate of drug-likeness (QED) is 0.0937. The highest BCUT2D eigenvalue weighted by Crippen LogP contribution is 2.33. The van der Waals surface area contributed by atoms with E-state index in [1.54, 1.807) is 18.2 Å². The van der Waals surface area contributed by atoms with E-state index in [9.17, 15) is 24.0 Å². The number of amides is 5. The van der Waals surface area contributed by atoms with E-state index in [0.717, 1.165) is 5.39 Å². The van der Waals surface area contributed by atoms with Gasteiger partial charge < -0.3 is 41.2 Å². The molecule has 0 aliphatic carbocycles. The molecule has 0 bridgehead atoms. The molecule has 1 saturated heterocycles. The predicted octanol–water partition coefficient (Wildman–Crippen LogP) is 0.526. The number of nitrogens with one attached hydrogen (secondary N) is 3. The van der Waals surface area contributed by atoms with Crippen LogP contribution in [0.2, 0.25) is 0 Å². The maximum absolute atomic E-state index is 13.6. The standard InChI is InChI=1S/C31H35N7O8/c32-17-46-12-11-45-10-9-44-8-7-34-28(40)20-14-19(35-30(42)27-23(33)13-18-3-1-2-4-24(18)36-27)15-21-22(20)16-38(31(21)43)25-5-6-26(39)37-29(25)41/h1-4,13-15,25H,5-12,16-17,32-33H2,(H,34,40)(H,35,42)(H,37,39,41). The van der Waals surface area contributed by atoms with Crippen LogP contribution in [0.3, 0.4) is 0 Å². The number of anilines is 2. The second-order valence-corrected chi connectivity index (χ2v) is 10.6. The molecule has 2 aromatic carbocycles. The van der Waals surface area contributed by atoms with Crippen molar-refractivity contribution in [1.82, 2.24) is 20.5 Å². The summed E-state index contributed by atoms with van der Waals surface area (Å²) in [7, 11) is 0. The number of carbonyl (C=O) groups is 5. The number of rotatable bonds is 14. The van der Waals surface area contributed by atoms with Gasteiger partial charge in [0.1, 0.15) is 6.04 Å². The third kappa shape index (κ3) is 7.46. The number of nitrogens with zero attached hydrogens (tertiary/aromatic N) is 2. The summed E-state index contributed by atoms with van der Waals surface area (Å²) in [4.78, 5) is 70.4. The number of ether oxygens (including phenoxy) is 3. The number of para-hydroxylation sites is 1. The largest absolute Gasteiger partial charge is 0.397 e. The van der Waals surface area contributed by atoms with Crippen LogP contribution in [0, 0.1) is 0 Å². The zero-order chi connectivity index (χ0) is 32.6. The molecule has 46 heavy (non-hydrogen) atoms. The predicted molar refractivity (Wildman–Crippen MR) is 166 cm³/mol. The Morgan fingerprint density at radius 2 is 1.72 bits per heavy atom. The second kappa shape index (κ2) is 14.9. The summed E-state index contributed by atoms with van der Waals surface area (Å²) in [5.41, 5.74) is 12.9. The van der Waals surface area contributed by atoms with Gasteiger partial charge in [0, 0.05) is 41.7 Å². The number of piperidine rings is 1. The SMILES string of the molecule is NCOCCOCCOCCNC(=O)c1cc(NC(=O)c2nc3ccccc3cc2N)cc2c1CN(C1CCC(=O)NC1=O)C2=O. The summed E-state index contributed by atoms with van der Waals surface area (Å²) in [6.07, 6.45) is 0.238. The highest BCUT2D eigenvalue weighted by atomic mass is 16.5. The van der Waals surface area contributed by atoms with Crippen molar-refractivity contribution < 1.29 is 38.2 Å². The zero-order valence-corrected chi connectivity index (χ0v) is 25.0. The molecule has 5 amide bonds. The normalized spacial score (nSPS) is 16.0. The molecule has 1 atom stereocenters. The van der Waals surface area contributed by atoms with Gasteiger partial charge in [-0.25, -0.2) is 4.98 Å². The number of hydrogen-bond donors (Lipinski definition) is 5. The molecule has 3 heterocycles. The molecule has 3 aromatic rings. The molecule has 0 radical (unpaired) electrons. The molecule has 0 spiro atoms. The fraction of sp³-hybridized carbons (Fsp3) is 0.355. The topological polar surface area (TPSA) is 217 Å². The van der Waals surface area contributed by atoms with Gasteiger partial charge in [0.05, 0.1) is 51.0 Å². The maximum atomic E-state index is 13.6. The second-order valence-electron chi connectivity index (χ2n) is 10.6. The van der Waals surface area contributed by atoms with Crippen molar-refractivity contribution in [3.63, 3.8) is 0 Å². The molecule has 1 aromatic heterocycles. The highest BCUT2D eigenvalue weighted by molar-refractivity contribution is 6.11. The summed E-state index contributed by atoms with van der Waals surface area (Å²) in [5, 5.41) is 8.52. The highest BCUT2D eigenvalue weighted by Gasteiger charge is 2.41. The lowest BCUT2D eigenvalue weighted by molar-refractivity contribution is -0.136. The summed E-state index contributed by atoms with van der Waals surface area (Å²) in [5.74, 6) is -2.63. The molecule has 2 aliphatic heterocycles. The fourth-order valence-electron chi connectivity index (χ4n) is 5.30. The maximum Gasteiger partial charge on any atom is 0.276 e. The Balaban J connectivity index is 1.32. The van der Waals surface area contributed by atoms with E-state index in [4.69, 9.17) is 25.7 Å². The molecule has 7 N–H and O–H groups in total. The number of carbonyl (C=O) groups excluding carboxylic acids is 5. The van der Waals surface area contributed by atoms with Crippen molar-refractivity contribution in [1.29, 1.82) is 0 Å². The van der Waals surface area contributed by atoms with E-state index in [1.807, 2.05) is 12.1 Å². The first-order chi connectivity index (χ1) is 22.3. The van der Waals surface area contributed by atoms with Crippen LogP contribution < -0.4 is 27.4 Å². The number of benzene rings is 2. The Morgan fingerprint density at radius 3 is 2.48 bits per heavy atom. The molecular weight excluding hydrogens is 598 g/mol. The van der Waals surface area contributed by atoms with E-state index in [-0.39, 0.29) is 67.5 Å². The van der Waals surface area contributed by atoms with Gasteiger partial charge >= 0.3 is 0 Å². The minimum Gasteiger partial charge on any atom is -0.397 e. The van der Waals surface area contributed by atoms with Crippen LogP contribution in [0.25, 0.3) is 10.9 Å². The smallest absolute Gasteiger partial charge is 0.276 e. The van der Waals surface area contributed by atoms with Crippen molar-refractivity contribution >= 4 is 51.8 Å². The Kier molecular flexibility index (Phi) is 10.5. The summed E-state index contributed by atoms with van der Waals surface area (Å²) >= 11 is 0. The molecule has 15 nitrogen and oxygen atoms in total. The van der Waals surface area contributed by atoms with E-state index >= 15 is 0 Å². The van der Waals surface area contributed by atoms with Crippen LogP contribution in [0.1, 0.15) is 49.6 Å². The lowest BCUT2D eigenvalue weighted by Gasteiger charge is -2.29. The molecule has 242 valence electrons. The minimum atomic E-state index is -0.884. The van der Waals surface area contributed by atoms with Gasteiger partial charge in [0.2, 0.25) is 11.8 Å². The number of hydrogen-bond acceptors (Lipinski definition) is 11. The number of nitrogens with two attached hydrogens (primary N) is 2. The Labute approximate surface area is 263 Å². The number of aromatic nitrogens is 1. The number of nitrogen functional groups attached to an aromatic ring is 1. The molecule has 2 aliphatic rings. The zero-order valence-electron chi connectivity index (χ0n) is 25.0.